The number of rotatable bonds is 4. The first-order valence-electron chi connectivity index (χ1n) is 7.59. The largest absolute Gasteiger partial charge is 0.321 e. The third-order valence-corrected chi connectivity index (χ3v) is 3.45. The van der Waals surface area contributed by atoms with Gasteiger partial charge in [-0.25, -0.2) is 4.98 Å². The van der Waals surface area contributed by atoms with Gasteiger partial charge in [-0.15, -0.1) is 0 Å². The summed E-state index contributed by atoms with van der Waals surface area (Å²) in [6.45, 7) is 1.94. The van der Waals surface area contributed by atoms with Crippen LogP contribution in [0.5, 0.6) is 0 Å². The van der Waals surface area contributed by atoms with Crippen molar-refractivity contribution in [2.75, 3.05) is 5.32 Å². The number of nitrogens with zero attached hydrogens (tertiary/aromatic N) is 2. The van der Waals surface area contributed by atoms with Gasteiger partial charge in [-0.2, -0.15) is 0 Å². The van der Waals surface area contributed by atoms with Gasteiger partial charge in [0, 0.05) is 29.2 Å². The molecule has 2 heterocycles. The molecule has 1 aromatic carbocycles. The van der Waals surface area contributed by atoms with E-state index >= 15 is 0 Å². The Balaban J connectivity index is 1.88. The van der Waals surface area contributed by atoms with Gasteiger partial charge < -0.3 is 10.3 Å². The SMILES string of the molecule is CCc1cc(=O)[nH]c(-c2cccc(NC(=O)c3ccccn3)c2)n1. The van der Waals surface area contributed by atoms with Crippen LogP contribution in [0.4, 0.5) is 5.69 Å². The lowest BCUT2D eigenvalue weighted by atomic mass is 10.1. The maximum absolute atomic E-state index is 12.2. The van der Waals surface area contributed by atoms with Gasteiger partial charge in [0.15, 0.2) is 0 Å². The molecule has 3 aromatic rings. The number of anilines is 1. The highest BCUT2D eigenvalue weighted by Crippen LogP contribution is 2.19. The number of nitrogens with one attached hydrogen (secondary N) is 2. The number of carbonyl (C=O) groups is 1. The fourth-order valence-electron chi connectivity index (χ4n) is 2.26. The number of benzene rings is 1. The van der Waals surface area contributed by atoms with E-state index in [9.17, 15) is 9.59 Å². The second-order valence-corrected chi connectivity index (χ2v) is 5.19. The van der Waals surface area contributed by atoms with E-state index in [0.717, 1.165) is 11.3 Å². The zero-order valence-corrected chi connectivity index (χ0v) is 13.1. The van der Waals surface area contributed by atoms with Crippen LogP contribution in [0.15, 0.2) is 59.5 Å². The molecule has 0 aliphatic rings. The molecule has 0 atom stereocenters. The van der Waals surface area contributed by atoms with Crippen LogP contribution in [0.25, 0.3) is 11.4 Å². The quantitative estimate of drug-likeness (QED) is 0.773. The number of amides is 1. The van der Waals surface area contributed by atoms with Gasteiger partial charge in [0.25, 0.3) is 11.5 Å². The van der Waals surface area contributed by atoms with Gasteiger partial charge in [0.05, 0.1) is 0 Å². The molecule has 2 N–H and O–H groups in total. The second-order valence-electron chi connectivity index (χ2n) is 5.19. The summed E-state index contributed by atoms with van der Waals surface area (Å²) in [5.41, 5.74) is 2.19. The van der Waals surface area contributed by atoms with Crippen LogP contribution in [-0.2, 0) is 6.42 Å². The molecule has 3 rings (SSSR count). The molecule has 6 heteroatoms. The van der Waals surface area contributed by atoms with Crippen molar-refractivity contribution in [1.82, 2.24) is 15.0 Å². The zero-order chi connectivity index (χ0) is 16.9. The Morgan fingerprint density at radius 1 is 1.17 bits per heavy atom. The van der Waals surface area contributed by atoms with Crippen LogP contribution in [0, 0.1) is 0 Å². The van der Waals surface area contributed by atoms with E-state index < -0.39 is 0 Å². The molecular formula is C18H16N4O2. The second kappa shape index (κ2) is 6.87. The van der Waals surface area contributed by atoms with Crippen LogP contribution in [0.3, 0.4) is 0 Å². The number of H-pyrrole nitrogens is 1. The van der Waals surface area contributed by atoms with E-state index in [-0.39, 0.29) is 11.5 Å². The molecule has 0 bridgehead atoms. The van der Waals surface area contributed by atoms with Gasteiger partial charge >= 0.3 is 0 Å². The summed E-state index contributed by atoms with van der Waals surface area (Å²) in [6.07, 6.45) is 2.24. The lowest BCUT2D eigenvalue weighted by molar-refractivity contribution is 0.102. The average molecular weight is 320 g/mol. The minimum Gasteiger partial charge on any atom is -0.321 e. The van der Waals surface area contributed by atoms with Gasteiger partial charge in [-0.05, 0) is 30.7 Å². The molecule has 0 fully saturated rings. The standard InChI is InChI=1S/C18H16N4O2/c1-2-13-11-16(23)22-17(20-13)12-6-5-7-14(10-12)21-18(24)15-8-3-4-9-19-15/h3-11H,2H2,1H3,(H,21,24)(H,20,22,23). The Morgan fingerprint density at radius 3 is 2.79 bits per heavy atom. The summed E-state index contributed by atoms with van der Waals surface area (Å²) in [5.74, 6) is 0.185. The Morgan fingerprint density at radius 2 is 2.04 bits per heavy atom. The number of hydrogen-bond acceptors (Lipinski definition) is 4. The molecule has 0 unspecified atom stereocenters. The molecule has 1 amide bonds. The molecule has 0 spiro atoms. The Hall–Kier alpha value is -3.28. The van der Waals surface area contributed by atoms with Crippen molar-refractivity contribution in [2.45, 2.75) is 13.3 Å². The molecule has 2 aromatic heterocycles. The highest BCUT2D eigenvalue weighted by atomic mass is 16.2. The molecule has 120 valence electrons. The van der Waals surface area contributed by atoms with E-state index in [1.807, 2.05) is 13.0 Å². The van der Waals surface area contributed by atoms with E-state index in [4.69, 9.17) is 0 Å². The number of aromatic amines is 1. The molecule has 24 heavy (non-hydrogen) atoms. The lowest BCUT2D eigenvalue weighted by Crippen LogP contribution is -2.13. The molecule has 0 aliphatic heterocycles. The molecule has 6 nitrogen and oxygen atoms in total. The highest BCUT2D eigenvalue weighted by molar-refractivity contribution is 6.03. The van der Waals surface area contributed by atoms with Crippen molar-refractivity contribution in [3.8, 4) is 11.4 Å². The Bertz CT molecular complexity index is 920. The third-order valence-electron chi connectivity index (χ3n) is 3.45. The predicted octanol–water partition coefficient (Wildman–Crippen LogP) is 2.65. The van der Waals surface area contributed by atoms with Crippen molar-refractivity contribution >= 4 is 11.6 Å². The van der Waals surface area contributed by atoms with Crippen LogP contribution in [0.2, 0.25) is 0 Å². The van der Waals surface area contributed by atoms with E-state index in [1.54, 1.807) is 42.6 Å². The number of hydrogen-bond donors (Lipinski definition) is 2. The van der Waals surface area contributed by atoms with Crippen molar-refractivity contribution in [1.29, 1.82) is 0 Å². The van der Waals surface area contributed by atoms with E-state index in [0.29, 0.717) is 23.6 Å². The number of carbonyl (C=O) groups excluding carboxylic acids is 1. The van der Waals surface area contributed by atoms with Gasteiger partial charge in [0.2, 0.25) is 0 Å². The maximum atomic E-state index is 12.2. The monoisotopic (exact) mass is 320 g/mol. The predicted molar refractivity (Wildman–Crippen MR) is 91.9 cm³/mol. The topological polar surface area (TPSA) is 87.7 Å². The summed E-state index contributed by atoms with van der Waals surface area (Å²) in [7, 11) is 0. The van der Waals surface area contributed by atoms with Crippen molar-refractivity contribution in [2.24, 2.45) is 0 Å². The molecule has 0 saturated heterocycles. The lowest BCUT2D eigenvalue weighted by Gasteiger charge is -2.07. The first kappa shape index (κ1) is 15.6. The van der Waals surface area contributed by atoms with E-state index in [1.165, 1.54) is 6.07 Å². The summed E-state index contributed by atoms with van der Waals surface area (Å²) >= 11 is 0. The molecular weight excluding hydrogens is 304 g/mol. The smallest absolute Gasteiger partial charge is 0.274 e. The molecule has 0 radical (unpaired) electrons. The highest BCUT2D eigenvalue weighted by Gasteiger charge is 2.09. The number of aromatic nitrogens is 3. The van der Waals surface area contributed by atoms with Crippen molar-refractivity contribution in [3.05, 3.63) is 76.5 Å². The van der Waals surface area contributed by atoms with Crippen LogP contribution in [-0.4, -0.2) is 20.9 Å². The number of pyridine rings is 1. The molecule has 0 saturated carbocycles. The Labute approximate surface area is 138 Å². The fourth-order valence-corrected chi connectivity index (χ4v) is 2.26. The Kier molecular flexibility index (Phi) is 4.47. The van der Waals surface area contributed by atoms with Crippen LogP contribution >= 0.6 is 0 Å². The van der Waals surface area contributed by atoms with Gasteiger partial charge in [0.1, 0.15) is 11.5 Å². The first-order valence-corrected chi connectivity index (χ1v) is 7.59. The molecule has 0 aliphatic carbocycles. The normalized spacial score (nSPS) is 10.4. The van der Waals surface area contributed by atoms with Crippen LogP contribution < -0.4 is 10.9 Å². The zero-order valence-electron chi connectivity index (χ0n) is 13.1. The van der Waals surface area contributed by atoms with Gasteiger partial charge in [-0.3, -0.25) is 14.6 Å². The fraction of sp³-hybridized carbons (Fsp3) is 0.111. The maximum Gasteiger partial charge on any atom is 0.274 e. The van der Waals surface area contributed by atoms with Crippen molar-refractivity contribution in [3.63, 3.8) is 0 Å². The van der Waals surface area contributed by atoms with Crippen molar-refractivity contribution < 1.29 is 4.79 Å². The minimum absolute atomic E-state index is 0.195. The third kappa shape index (κ3) is 3.55. The number of aryl methyl sites for hydroxylation is 1. The van der Waals surface area contributed by atoms with Gasteiger partial charge in [-0.1, -0.05) is 25.1 Å². The summed E-state index contributed by atoms with van der Waals surface area (Å²) in [6, 6.07) is 13.8. The summed E-state index contributed by atoms with van der Waals surface area (Å²) < 4.78 is 0. The first-order chi connectivity index (χ1) is 11.7. The average Bonchev–Trinajstić information content (AvgIpc) is 2.62. The summed E-state index contributed by atoms with van der Waals surface area (Å²) in [5, 5.41) is 2.79. The van der Waals surface area contributed by atoms with Crippen LogP contribution in [0.1, 0.15) is 23.1 Å². The summed E-state index contributed by atoms with van der Waals surface area (Å²) in [4.78, 5) is 35.0. The van der Waals surface area contributed by atoms with E-state index in [2.05, 4.69) is 20.3 Å². The minimum atomic E-state index is -0.295.